The fraction of sp³-hybridized carbons (Fsp3) is 0.250. The van der Waals surface area contributed by atoms with Crippen LogP contribution in [0.3, 0.4) is 0 Å². The van der Waals surface area contributed by atoms with Crippen molar-refractivity contribution in [2.75, 3.05) is 7.11 Å². The van der Waals surface area contributed by atoms with Gasteiger partial charge in [0.2, 0.25) is 5.88 Å². The van der Waals surface area contributed by atoms with Crippen LogP contribution in [-0.4, -0.2) is 12.9 Å². The van der Waals surface area contributed by atoms with Crippen molar-refractivity contribution in [3.05, 3.63) is 81.4 Å². The average Bonchev–Trinajstić information content (AvgIpc) is 2.77. The van der Waals surface area contributed by atoms with E-state index in [0.717, 1.165) is 11.1 Å². The number of methoxy groups -OCH3 is 1. The second-order valence-electron chi connectivity index (χ2n) is 7.35. The third-order valence-electron chi connectivity index (χ3n) is 5.45. The summed E-state index contributed by atoms with van der Waals surface area (Å²) in [5.41, 5.74) is 8.34. The molecule has 1 aliphatic heterocycles. The Hall–Kier alpha value is -3.43. The summed E-state index contributed by atoms with van der Waals surface area (Å²) in [5, 5.41) is 10.4. The lowest BCUT2D eigenvalue weighted by Gasteiger charge is -2.31. The summed E-state index contributed by atoms with van der Waals surface area (Å²) in [5.74, 6) is 1.34. The molecule has 7 heteroatoms. The molecule has 31 heavy (non-hydrogen) atoms. The molecule has 0 unspecified atom stereocenters. The first-order chi connectivity index (χ1) is 15.0. The number of carbonyl (C=O) groups is 1. The minimum Gasteiger partial charge on any atom is -0.496 e. The number of benzene rings is 2. The third-order valence-corrected chi connectivity index (χ3v) is 5.70. The van der Waals surface area contributed by atoms with Crippen molar-refractivity contribution in [1.82, 2.24) is 0 Å². The van der Waals surface area contributed by atoms with Crippen molar-refractivity contribution in [3.8, 4) is 17.6 Å². The molecule has 0 radical (unpaired) electrons. The van der Waals surface area contributed by atoms with E-state index in [1.807, 2.05) is 18.2 Å². The molecule has 1 atom stereocenters. The fourth-order valence-corrected chi connectivity index (χ4v) is 4.10. The number of allylic oxidation sites excluding steroid dienone is 3. The number of ketones is 1. The summed E-state index contributed by atoms with van der Waals surface area (Å²) in [4.78, 5) is 12.8. The summed E-state index contributed by atoms with van der Waals surface area (Å²) >= 11 is 5.93. The van der Waals surface area contributed by atoms with Gasteiger partial charge in [0.15, 0.2) is 5.78 Å². The highest BCUT2D eigenvalue weighted by Crippen LogP contribution is 2.44. The number of hydrogen-bond donors (Lipinski definition) is 1. The fourth-order valence-electron chi connectivity index (χ4n) is 3.97. The van der Waals surface area contributed by atoms with Crippen LogP contribution < -0.4 is 15.2 Å². The molecule has 0 saturated heterocycles. The van der Waals surface area contributed by atoms with Crippen molar-refractivity contribution >= 4 is 17.4 Å². The summed E-state index contributed by atoms with van der Waals surface area (Å²) in [6, 6.07) is 14.8. The zero-order valence-electron chi connectivity index (χ0n) is 17.0. The standard InChI is InChI=1S/C24H21ClN2O4/c1-29-20-10-5-14(11-15(20)13-30-17-8-6-16(25)7-9-17)22-18(12-26)24(27)31-21-4-2-3-19(28)23(21)22/h5-11,22H,2-4,13,27H2,1H3/t22-/m0/s1. The lowest BCUT2D eigenvalue weighted by molar-refractivity contribution is -0.116. The Labute approximate surface area is 185 Å². The van der Waals surface area contributed by atoms with Crippen molar-refractivity contribution in [1.29, 1.82) is 5.26 Å². The predicted molar refractivity (Wildman–Crippen MR) is 115 cm³/mol. The molecule has 0 amide bonds. The van der Waals surface area contributed by atoms with E-state index in [1.54, 1.807) is 31.4 Å². The maximum atomic E-state index is 12.8. The van der Waals surface area contributed by atoms with Gasteiger partial charge in [-0.2, -0.15) is 5.26 Å². The highest BCUT2D eigenvalue weighted by atomic mass is 35.5. The van der Waals surface area contributed by atoms with Gasteiger partial charge in [0, 0.05) is 29.0 Å². The molecule has 0 spiro atoms. The number of nitriles is 1. The zero-order valence-corrected chi connectivity index (χ0v) is 17.7. The number of ether oxygens (including phenoxy) is 3. The lowest BCUT2D eigenvalue weighted by Crippen LogP contribution is -2.27. The van der Waals surface area contributed by atoms with Crippen molar-refractivity contribution < 1.29 is 19.0 Å². The number of nitrogens with zero attached hydrogens (tertiary/aromatic N) is 1. The molecular weight excluding hydrogens is 416 g/mol. The highest BCUT2D eigenvalue weighted by Gasteiger charge is 2.38. The zero-order chi connectivity index (χ0) is 22.0. The maximum absolute atomic E-state index is 12.8. The average molecular weight is 437 g/mol. The Morgan fingerprint density at radius 3 is 2.71 bits per heavy atom. The molecule has 0 saturated carbocycles. The predicted octanol–water partition coefficient (Wildman–Crippen LogP) is 4.74. The minimum atomic E-state index is -0.568. The van der Waals surface area contributed by atoms with Crippen LogP contribution >= 0.6 is 11.6 Å². The molecule has 2 aliphatic rings. The van der Waals surface area contributed by atoms with Crippen LogP contribution in [0.15, 0.2) is 65.3 Å². The summed E-state index contributed by atoms with van der Waals surface area (Å²) < 4.78 is 17.0. The topological polar surface area (TPSA) is 94.6 Å². The van der Waals surface area contributed by atoms with Gasteiger partial charge < -0.3 is 19.9 Å². The molecule has 158 valence electrons. The molecule has 2 N–H and O–H groups in total. The number of nitrogens with two attached hydrogens (primary N) is 1. The van der Waals surface area contributed by atoms with E-state index < -0.39 is 5.92 Å². The van der Waals surface area contributed by atoms with E-state index in [0.29, 0.717) is 47.1 Å². The van der Waals surface area contributed by atoms with Crippen LogP contribution in [0, 0.1) is 11.3 Å². The Morgan fingerprint density at radius 2 is 2.00 bits per heavy atom. The van der Waals surface area contributed by atoms with E-state index in [2.05, 4.69) is 6.07 Å². The van der Waals surface area contributed by atoms with Crippen LogP contribution in [0.25, 0.3) is 0 Å². The quantitative estimate of drug-likeness (QED) is 0.727. The van der Waals surface area contributed by atoms with Gasteiger partial charge in [-0.1, -0.05) is 17.7 Å². The Balaban J connectivity index is 1.72. The number of rotatable bonds is 5. The van der Waals surface area contributed by atoms with Gasteiger partial charge >= 0.3 is 0 Å². The number of hydrogen-bond acceptors (Lipinski definition) is 6. The number of halogens is 1. The van der Waals surface area contributed by atoms with Crippen molar-refractivity contribution in [2.45, 2.75) is 31.8 Å². The molecule has 1 aliphatic carbocycles. The molecule has 2 aromatic rings. The van der Waals surface area contributed by atoms with Gasteiger partial charge in [0.1, 0.15) is 35.5 Å². The first-order valence-corrected chi connectivity index (χ1v) is 10.3. The number of carbonyl (C=O) groups excluding carboxylic acids is 1. The first-order valence-electron chi connectivity index (χ1n) is 9.90. The second-order valence-corrected chi connectivity index (χ2v) is 7.79. The Bertz CT molecular complexity index is 1130. The van der Waals surface area contributed by atoms with Gasteiger partial charge in [-0.15, -0.1) is 0 Å². The van der Waals surface area contributed by atoms with Gasteiger partial charge in [-0.3, -0.25) is 4.79 Å². The molecule has 2 aromatic carbocycles. The van der Waals surface area contributed by atoms with Crippen molar-refractivity contribution in [3.63, 3.8) is 0 Å². The van der Waals surface area contributed by atoms with E-state index in [9.17, 15) is 10.1 Å². The van der Waals surface area contributed by atoms with Gasteiger partial charge in [0.05, 0.1) is 13.0 Å². The molecule has 0 bridgehead atoms. The SMILES string of the molecule is COc1ccc([C@H]2C(C#N)=C(N)OC3=C2C(=O)CCC3)cc1COc1ccc(Cl)cc1. The third kappa shape index (κ3) is 4.10. The van der Waals surface area contributed by atoms with E-state index in [4.69, 9.17) is 31.5 Å². The van der Waals surface area contributed by atoms with E-state index in [-0.39, 0.29) is 23.8 Å². The largest absolute Gasteiger partial charge is 0.496 e. The molecular formula is C24H21ClN2O4. The van der Waals surface area contributed by atoms with Gasteiger partial charge in [-0.25, -0.2) is 0 Å². The second kappa shape index (κ2) is 8.75. The Kier molecular flexibility index (Phi) is 5.88. The van der Waals surface area contributed by atoms with Gasteiger partial charge in [0.25, 0.3) is 0 Å². The van der Waals surface area contributed by atoms with Crippen LogP contribution in [0.1, 0.15) is 36.3 Å². The smallest absolute Gasteiger partial charge is 0.205 e. The maximum Gasteiger partial charge on any atom is 0.205 e. The van der Waals surface area contributed by atoms with E-state index >= 15 is 0 Å². The summed E-state index contributed by atoms with van der Waals surface area (Å²) in [6.45, 7) is 0.239. The molecule has 0 fully saturated rings. The van der Waals surface area contributed by atoms with Crippen molar-refractivity contribution in [2.24, 2.45) is 5.73 Å². The first kappa shape index (κ1) is 20.8. The van der Waals surface area contributed by atoms with Crippen LogP contribution in [0.2, 0.25) is 5.02 Å². The summed E-state index contributed by atoms with van der Waals surface area (Å²) in [7, 11) is 1.58. The molecule has 4 rings (SSSR count). The summed E-state index contributed by atoms with van der Waals surface area (Å²) in [6.07, 6.45) is 1.77. The van der Waals surface area contributed by atoms with E-state index in [1.165, 1.54) is 0 Å². The monoisotopic (exact) mass is 436 g/mol. The Morgan fingerprint density at radius 1 is 1.23 bits per heavy atom. The molecule has 0 aromatic heterocycles. The van der Waals surface area contributed by atoms with Crippen LogP contribution in [0.4, 0.5) is 0 Å². The minimum absolute atomic E-state index is 0.0127. The number of Topliss-reactive ketones (excluding diaryl/α,β-unsaturated/α-hetero) is 1. The highest BCUT2D eigenvalue weighted by molar-refractivity contribution is 6.30. The van der Waals surface area contributed by atoms with Gasteiger partial charge in [-0.05, 0) is 48.4 Å². The molecule has 6 nitrogen and oxygen atoms in total. The lowest BCUT2D eigenvalue weighted by atomic mass is 9.77. The molecule has 1 heterocycles. The van der Waals surface area contributed by atoms with Crippen LogP contribution in [-0.2, 0) is 16.1 Å². The van der Waals surface area contributed by atoms with Crippen LogP contribution in [0.5, 0.6) is 11.5 Å². The normalized spacial score (nSPS) is 18.2.